The summed E-state index contributed by atoms with van der Waals surface area (Å²) < 4.78 is 33.1. The molecule has 7 nitrogen and oxygen atoms in total. The summed E-state index contributed by atoms with van der Waals surface area (Å²) in [4.78, 5) is 13.4. The molecule has 0 aliphatic carbocycles. The fourth-order valence-electron chi connectivity index (χ4n) is 2.71. The number of carboxylic acid groups (broad SMARTS) is 1. The number of ether oxygens (including phenoxy) is 1. The minimum atomic E-state index is -4.09. The number of nitrogens with zero attached hydrogens (tertiary/aromatic N) is 1. The van der Waals surface area contributed by atoms with Gasteiger partial charge < -0.3 is 14.7 Å². The summed E-state index contributed by atoms with van der Waals surface area (Å²) in [6.07, 6.45) is 0. The van der Waals surface area contributed by atoms with E-state index in [1.54, 1.807) is 6.07 Å². The van der Waals surface area contributed by atoms with Gasteiger partial charge in [-0.2, -0.15) is 0 Å². The van der Waals surface area contributed by atoms with Crippen LogP contribution in [0.3, 0.4) is 0 Å². The summed E-state index contributed by atoms with van der Waals surface area (Å²) in [7, 11) is -4.09. The van der Waals surface area contributed by atoms with Crippen molar-refractivity contribution in [3.8, 4) is 0 Å². The predicted octanol–water partition coefficient (Wildman–Crippen LogP) is 3.33. The van der Waals surface area contributed by atoms with Crippen molar-refractivity contribution in [3.63, 3.8) is 0 Å². The van der Waals surface area contributed by atoms with Gasteiger partial charge in [0.2, 0.25) is 0 Å². The van der Waals surface area contributed by atoms with E-state index in [0.29, 0.717) is 32.0 Å². The zero-order valence-electron chi connectivity index (χ0n) is 14.0. The lowest BCUT2D eigenvalue weighted by atomic mass is 10.1. The van der Waals surface area contributed by atoms with Gasteiger partial charge >= 0.3 is 5.97 Å². The Hall–Kier alpha value is -2.00. The number of hydrogen-bond donors (Lipinski definition) is 2. The minimum absolute atomic E-state index is 0.0393. The highest BCUT2D eigenvalue weighted by atomic mass is 35.5. The zero-order valence-corrected chi connectivity index (χ0v) is 16.3. The Morgan fingerprint density at radius 2 is 1.70 bits per heavy atom. The molecular weight excluding hydrogens is 415 g/mol. The molecule has 0 radical (unpaired) electrons. The molecule has 2 aromatic carbocycles. The van der Waals surface area contributed by atoms with Gasteiger partial charge in [0.25, 0.3) is 10.0 Å². The average molecular weight is 431 g/mol. The number of rotatable bonds is 5. The van der Waals surface area contributed by atoms with E-state index in [-0.39, 0.29) is 26.2 Å². The first-order valence-electron chi connectivity index (χ1n) is 7.95. The summed E-state index contributed by atoms with van der Waals surface area (Å²) in [5, 5.41) is 9.72. The molecule has 0 unspecified atom stereocenters. The third kappa shape index (κ3) is 4.65. The van der Waals surface area contributed by atoms with E-state index in [4.69, 9.17) is 27.9 Å². The Balaban J connectivity index is 1.99. The molecule has 3 rings (SSSR count). The third-order valence-corrected chi connectivity index (χ3v) is 5.78. The molecule has 1 aliphatic heterocycles. The molecule has 27 heavy (non-hydrogen) atoms. The van der Waals surface area contributed by atoms with Gasteiger partial charge in [0.1, 0.15) is 0 Å². The summed E-state index contributed by atoms with van der Waals surface area (Å²) in [6, 6.07) is 8.39. The number of halogens is 2. The van der Waals surface area contributed by atoms with Crippen LogP contribution in [0.1, 0.15) is 10.4 Å². The molecule has 2 aromatic rings. The second kappa shape index (κ2) is 7.93. The van der Waals surface area contributed by atoms with Crippen molar-refractivity contribution < 1.29 is 23.1 Å². The molecule has 2 N–H and O–H groups in total. The maximum absolute atomic E-state index is 12.7. The Labute approximate surface area is 166 Å². The number of nitrogens with one attached hydrogen (secondary N) is 1. The summed E-state index contributed by atoms with van der Waals surface area (Å²) in [5.41, 5.74) is 0.497. The van der Waals surface area contributed by atoms with Crippen LogP contribution in [0.4, 0.5) is 11.4 Å². The average Bonchev–Trinajstić information content (AvgIpc) is 2.61. The molecule has 0 aromatic heterocycles. The number of hydrogen-bond acceptors (Lipinski definition) is 5. The van der Waals surface area contributed by atoms with Crippen molar-refractivity contribution in [2.24, 2.45) is 0 Å². The van der Waals surface area contributed by atoms with Gasteiger partial charge in [0.15, 0.2) is 0 Å². The fraction of sp³-hybridized carbons (Fsp3) is 0.235. The molecule has 10 heteroatoms. The minimum Gasteiger partial charge on any atom is -0.478 e. The number of carboxylic acids is 1. The van der Waals surface area contributed by atoms with Crippen LogP contribution in [0, 0.1) is 0 Å². The van der Waals surface area contributed by atoms with E-state index in [0.717, 1.165) is 0 Å². The van der Waals surface area contributed by atoms with Gasteiger partial charge in [-0.1, -0.05) is 23.2 Å². The van der Waals surface area contributed by atoms with Crippen molar-refractivity contribution >= 4 is 50.6 Å². The number of carbonyl (C=O) groups is 1. The van der Waals surface area contributed by atoms with Crippen LogP contribution in [-0.2, 0) is 14.8 Å². The topological polar surface area (TPSA) is 95.9 Å². The number of sulfonamides is 1. The summed E-state index contributed by atoms with van der Waals surface area (Å²) in [6.45, 7) is 2.34. The van der Waals surface area contributed by atoms with Gasteiger partial charge in [0.05, 0.1) is 29.4 Å². The number of benzene rings is 2. The van der Waals surface area contributed by atoms with Crippen LogP contribution in [-0.4, -0.2) is 45.8 Å². The normalized spacial score (nSPS) is 14.8. The second-order valence-electron chi connectivity index (χ2n) is 5.85. The van der Waals surface area contributed by atoms with Gasteiger partial charge in [-0.15, -0.1) is 0 Å². The lowest BCUT2D eigenvalue weighted by molar-refractivity contribution is 0.0698. The molecule has 1 heterocycles. The van der Waals surface area contributed by atoms with Crippen LogP contribution in [0.2, 0.25) is 10.0 Å². The van der Waals surface area contributed by atoms with Gasteiger partial charge in [-0.3, -0.25) is 4.72 Å². The monoisotopic (exact) mass is 430 g/mol. The van der Waals surface area contributed by atoms with Crippen LogP contribution in [0.15, 0.2) is 41.3 Å². The van der Waals surface area contributed by atoms with Gasteiger partial charge in [-0.25, -0.2) is 13.2 Å². The highest BCUT2D eigenvalue weighted by molar-refractivity contribution is 7.92. The van der Waals surface area contributed by atoms with Crippen molar-refractivity contribution in [2.75, 3.05) is 35.9 Å². The van der Waals surface area contributed by atoms with E-state index in [2.05, 4.69) is 4.72 Å². The molecule has 1 aliphatic rings. The van der Waals surface area contributed by atoms with Crippen molar-refractivity contribution in [3.05, 3.63) is 52.0 Å². The lowest BCUT2D eigenvalue weighted by Crippen LogP contribution is -2.36. The number of aromatic carboxylic acids is 1. The zero-order chi connectivity index (χ0) is 19.6. The van der Waals surface area contributed by atoms with E-state index < -0.39 is 16.0 Å². The molecule has 0 saturated carbocycles. The quantitative estimate of drug-likeness (QED) is 0.754. The third-order valence-electron chi connectivity index (χ3n) is 4.00. The predicted molar refractivity (Wildman–Crippen MR) is 104 cm³/mol. The molecule has 1 saturated heterocycles. The van der Waals surface area contributed by atoms with Crippen molar-refractivity contribution in [1.29, 1.82) is 0 Å². The molecule has 0 bridgehead atoms. The molecule has 0 spiro atoms. The Kier molecular flexibility index (Phi) is 5.81. The number of anilines is 2. The smallest absolute Gasteiger partial charge is 0.337 e. The van der Waals surface area contributed by atoms with E-state index >= 15 is 0 Å². The Bertz CT molecular complexity index is 955. The second-order valence-corrected chi connectivity index (χ2v) is 8.40. The van der Waals surface area contributed by atoms with Crippen LogP contribution in [0.25, 0.3) is 0 Å². The molecule has 0 amide bonds. The standard InChI is InChI=1S/C17H16Cl2N2O5S/c18-11-7-12(19)9-14(8-11)27(24,25)20-16-10-13(1-2-15(16)17(22)23)21-3-5-26-6-4-21/h1-2,7-10,20H,3-6H2,(H,22,23). The van der Waals surface area contributed by atoms with E-state index in [9.17, 15) is 18.3 Å². The largest absolute Gasteiger partial charge is 0.478 e. The SMILES string of the molecule is O=C(O)c1ccc(N2CCOCC2)cc1NS(=O)(=O)c1cc(Cl)cc(Cl)c1. The van der Waals surface area contributed by atoms with Crippen LogP contribution < -0.4 is 9.62 Å². The highest BCUT2D eigenvalue weighted by Crippen LogP contribution is 2.29. The van der Waals surface area contributed by atoms with Gasteiger partial charge in [0, 0.05) is 28.8 Å². The molecular formula is C17H16Cl2N2O5S. The van der Waals surface area contributed by atoms with E-state index in [1.165, 1.54) is 30.3 Å². The van der Waals surface area contributed by atoms with Crippen molar-refractivity contribution in [2.45, 2.75) is 4.90 Å². The first-order valence-corrected chi connectivity index (χ1v) is 10.2. The summed E-state index contributed by atoms with van der Waals surface area (Å²) >= 11 is 11.8. The molecule has 0 atom stereocenters. The first-order chi connectivity index (χ1) is 12.8. The summed E-state index contributed by atoms with van der Waals surface area (Å²) in [5.74, 6) is -1.25. The van der Waals surface area contributed by atoms with E-state index in [1.807, 2.05) is 4.90 Å². The van der Waals surface area contributed by atoms with Crippen LogP contribution >= 0.6 is 23.2 Å². The molecule has 1 fully saturated rings. The Morgan fingerprint density at radius 1 is 1.07 bits per heavy atom. The maximum Gasteiger partial charge on any atom is 0.337 e. The first kappa shape index (κ1) is 19.8. The maximum atomic E-state index is 12.7. The van der Waals surface area contributed by atoms with Gasteiger partial charge in [-0.05, 0) is 36.4 Å². The number of morpholine rings is 1. The van der Waals surface area contributed by atoms with Crippen molar-refractivity contribution in [1.82, 2.24) is 0 Å². The fourth-order valence-corrected chi connectivity index (χ4v) is 4.50. The van der Waals surface area contributed by atoms with Crippen LogP contribution in [0.5, 0.6) is 0 Å². The lowest BCUT2D eigenvalue weighted by Gasteiger charge is -2.29. The molecule has 144 valence electrons. The highest BCUT2D eigenvalue weighted by Gasteiger charge is 2.21. The Morgan fingerprint density at radius 3 is 2.30 bits per heavy atom.